The molecule has 0 amide bonds. The quantitative estimate of drug-likeness (QED) is 0.454. The van der Waals surface area contributed by atoms with Crippen molar-refractivity contribution in [1.29, 1.82) is 0 Å². The number of fused-ring (bicyclic) bond motifs is 5. The molecule has 1 aliphatic heterocycles. The van der Waals surface area contributed by atoms with E-state index in [2.05, 4.69) is 20.3 Å². The Labute approximate surface area is 171 Å². The number of hydrogen-bond donors (Lipinski definition) is 0. The van der Waals surface area contributed by atoms with Gasteiger partial charge in [0.15, 0.2) is 0 Å². The number of benzene rings is 2. The molecule has 0 bridgehead atoms. The summed E-state index contributed by atoms with van der Waals surface area (Å²) in [7, 11) is 1.65. The van der Waals surface area contributed by atoms with Gasteiger partial charge in [-0.2, -0.15) is 0 Å². The predicted molar refractivity (Wildman–Crippen MR) is 109 cm³/mol. The molecule has 5 aromatic rings. The SMILES string of the molecule is COc1ccc2c(c1)-n1nncc1Cc1c(-c3nc(-c4ccccc4)co3)ncn1-2. The largest absolute Gasteiger partial charge is 0.497 e. The second-order valence-electron chi connectivity index (χ2n) is 6.98. The van der Waals surface area contributed by atoms with Gasteiger partial charge in [0, 0.05) is 18.1 Å². The van der Waals surface area contributed by atoms with E-state index < -0.39 is 0 Å². The smallest absolute Gasteiger partial charge is 0.247 e. The molecule has 0 atom stereocenters. The Morgan fingerprint density at radius 1 is 1.07 bits per heavy atom. The average molecular weight is 396 g/mol. The van der Waals surface area contributed by atoms with Crippen LogP contribution in [0, 0.1) is 0 Å². The summed E-state index contributed by atoms with van der Waals surface area (Å²) in [6, 6.07) is 15.8. The Bertz CT molecular complexity index is 1370. The second-order valence-corrected chi connectivity index (χ2v) is 6.98. The third-order valence-electron chi connectivity index (χ3n) is 5.28. The van der Waals surface area contributed by atoms with E-state index >= 15 is 0 Å². The molecule has 0 N–H and O–H groups in total. The van der Waals surface area contributed by atoms with Gasteiger partial charge in [-0.3, -0.25) is 4.57 Å². The van der Waals surface area contributed by atoms with Crippen LogP contribution >= 0.6 is 0 Å². The molecule has 30 heavy (non-hydrogen) atoms. The molecular formula is C22H16N6O2. The molecule has 0 saturated carbocycles. The molecule has 0 aliphatic carbocycles. The highest BCUT2D eigenvalue weighted by Crippen LogP contribution is 2.34. The number of ether oxygens (including phenoxy) is 1. The highest BCUT2D eigenvalue weighted by molar-refractivity contribution is 5.65. The maximum absolute atomic E-state index is 5.82. The van der Waals surface area contributed by atoms with Crippen molar-refractivity contribution in [3.8, 4) is 40.0 Å². The minimum absolute atomic E-state index is 0.485. The van der Waals surface area contributed by atoms with E-state index in [0.717, 1.165) is 39.8 Å². The molecule has 3 aromatic heterocycles. The molecule has 146 valence electrons. The molecule has 4 heterocycles. The maximum atomic E-state index is 5.82. The monoisotopic (exact) mass is 396 g/mol. The first-order chi connectivity index (χ1) is 14.8. The van der Waals surface area contributed by atoms with Crippen molar-refractivity contribution in [2.75, 3.05) is 7.11 Å². The summed E-state index contributed by atoms with van der Waals surface area (Å²) in [6.07, 6.45) is 5.81. The van der Waals surface area contributed by atoms with Crippen LogP contribution in [0.25, 0.3) is 34.2 Å². The van der Waals surface area contributed by atoms with Crippen LogP contribution < -0.4 is 4.74 Å². The van der Waals surface area contributed by atoms with Crippen molar-refractivity contribution in [3.63, 3.8) is 0 Å². The Hall–Kier alpha value is -4.20. The number of hydrogen-bond acceptors (Lipinski definition) is 6. The van der Waals surface area contributed by atoms with Crippen LogP contribution in [-0.2, 0) is 6.42 Å². The summed E-state index contributed by atoms with van der Waals surface area (Å²) >= 11 is 0. The van der Waals surface area contributed by atoms with E-state index in [-0.39, 0.29) is 0 Å². The van der Waals surface area contributed by atoms with Crippen LogP contribution in [0.5, 0.6) is 5.75 Å². The molecule has 0 saturated heterocycles. The summed E-state index contributed by atoms with van der Waals surface area (Å²) in [6.45, 7) is 0. The molecule has 0 fully saturated rings. The minimum Gasteiger partial charge on any atom is -0.497 e. The van der Waals surface area contributed by atoms with Crippen LogP contribution in [0.1, 0.15) is 11.4 Å². The summed E-state index contributed by atoms with van der Waals surface area (Å²) < 4.78 is 15.1. The van der Waals surface area contributed by atoms with Gasteiger partial charge in [0.2, 0.25) is 5.89 Å². The Morgan fingerprint density at radius 2 is 1.97 bits per heavy atom. The van der Waals surface area contributed by atoms with Crippen LogP contribution in [0.4, 0.5) is 0 Å². The predicted octanol–water partition coefficient (Wildman–Crippen LogP) is 3.69. The van der Waals surface area contributed by atoms with Crippen molar-refractivity contribution < 1.29 is 9.15 Å². The van der Waals surface area contributed by atoms with Crippen molar-refractivity contribution >= 4 is 0 Å². The summed E-state index contributed by atoms with van der Waals surface area (Å²) in [5.74, 6) is 1.23. The van der Waals surface area contributed by atoms with E-state index in [9.17, 15) is 0 Å². The second kappa shape index (κ2) is 6.41. The number of methoxy groups -OCH3 is 1. The number of nitrogens with zero attached hydrogens (tertiary/aromatic N) is 6. The lowest BCUT2D eigenvalue weighted by Crippen LogP contribution is -2.03. The van der Waals surface area contributed by atoms with Crippen molar-refractivity contribution in [2.24, 2.45) is 0 Å². The standard InChI is InChI=1S/C22H16N6O2/c1-29-16-7-8-18-19(10-16)28-15(11-24-26-28)9-20-21(23-13-27(18)20)22-25-17(12-30-22)14-5-3-2-4-6-14/h2-8,10-13H,9H2,1H3. The molecule has 2 aromatic carbocycles. The lowest BCUT2D eigenvalue weighted by atomic mass is 10.2. The molecule has 8 nitrogen and oxygen atoms in total. The Kier molecular flexibility index (Phi) is 3.58. The number of oxazole rings is 1. The number of aromatic nitrogens is 6. The third kappa shape index (κ3) is 2.47. The fourth-order valence-electron chi connectivity index (χ4n) is 3.81. The van der Waals surface area contributed by atoms with E-state index in [0.29, 0.717) is 18.0 Å². The Balaban J connectivity index is 1.52. The van der Waals surface area contributed by atoms with E-state index in [1.54, 1.807) is 25.9 Å². The van der Waals surface area contributed by atoms with Crippen LogP contribution in [-0.4, -0.2) is 36.6 Å². The number of imidazole rings is 1. The molecular weight excluding hydrogens is 380 g/mol. The van der Waals surface area contributed by atoms with Crippen molar-refractivity contribution in [2.45, 2.75) is 6.42 Å². The van der Waals surface area contributed by atoms with Gasteiger partial charge in [-0.15, -0.1) is 5.10 Å². The Morgan fingerprint density at radius 3 is 2.83 bits per heavy atom. The number of rotatable bonds is 3. The van der Waals surface area contributed by atoms with Crippen molar-refractivity contribution in [1.82, 2.24) is 29.5 Å². The van der Waals surface area contributed by atoms with E-state index in [1.165, 1.54) is 0 Å². The highest BCUT2D eigenvalue weighted by Gasteiger charge is 2.26. The summed E-state index contributed by atoms with van der Waals surface area (Å²) in [5.41, 5.74) is 6.19. The first-order valence-electron chi connectivity index (χ1n) is 9.48. The molecule has 0 radical (unpaired) electrons. The molecule has 0 unspecified atom stereocenters. The molecule has 6 rings (SSSR count). The summed E-state index contributed by atoms with van der Waals surface area (Å²) in [4.78, 5) is 9.33. The van der Waals surface area contributed by atoms with Gasteiger partial charge in [0.1, 0.15) is 29.7 Å². The van der Waals surface area contributed by atoms with Gasteiger partial charge in [0.05, 0.1) is 36.1 Å². The molecule has 0 spiro atoms. The van der Waals surface area contributed by atoms with E-state index in [4.69, 9.17) is 9.15 Å². The fourth-order valence-corrected chi connectivity index (χ4v) is 3.81. The first kappa shape index (κ1) is 16.7. The minimum atomic E-state index is 0.485. The lowest BCUT2D eigenvalue weighted by molar-refractivity contribution is 0.414. The van der Waals surface area contributed by atoms with Crippen molar-refractivity contribution in [3.05, 3.63) is 78.7 Å². The topological polar surface area (TPSA) is 83.8 Å². The highest BCUT2D eigenvalue weighted by atomic mass is 16.5. The van der Waals surface area contributed by atoms with Gasteiger partial charge >= 0.3 is 0 Å². The van der Waals surface area contributed by atoms with Crippen LogP contribution in [0.15, 0.2) is 71.7 Å². The van der Waals surface area contributed by atoms with Gasteiger partial charge < -0.3 is 9.15 Å². The first-order valence-corrected chi connectivity index (χ1v) is 9.48. The third-order valence-corrected chi connectivity index (χ3v) is 5.28. The fraction of sp³-hybridized carbons (Fsp3) is 0.0909. The zero-order valence-corrected chi connectivity index (χ0v) is 16.1. The zero-order valence-electron chi connectivity index (χ0n) is 16.1. The van der Waals surface area contributed by atoms with Gasteiger partial charge in [-0.1, -0.05) is 35.5 Å². The lowest BCUT2D eigenvalue weighted by Gasteiger charge is -2.11. The maximum Gasteiger partial charge on any atom is 0.247 e. The average Bonchev–Trinajstić information content (AvgIpc) is 3.53. The van der Waals surface area contributed by atoms with Gasteiger partial charge in [0.25, 0.3) is 0 Å². The molecule has 8 heteroatoms. The molecule has 1 aliphatic rings. The zero-order chi connectivity index (χ0) is 20.1. The van der Waals surface area contributed by atoms with E-state index in [1.807, 2.05) is 57.8 Å². The van der Waals surface area contributed by atoms with Gasteiger partial charge in [-0.05, 0) is 12.1 Å². The van der Waals surface area contributed by atoms with Gasteiger partial charge in [-0.25, -0.2) is 14.6 Å². The normalized spacial score (nSPS) is 12.0. The summed E-state index contributed by atoms with van der Waals surface area (Å²) in [5, 5.41) is 8.39. The van der Waals surface area contributed by atoms with Crippen LogP contribution in [0.3, 0.4) is 0 Å². The van der Waals surface area contributed by atoms with Crippen LogP contribution in [0.2, 0.25) is 0 Å².